The number of carboxylic acid groups (broad SMARTS) is 1. The predicted octanol–water partition coefficient (Wildman–Crippen LogP) is 5.85. The van der Waals surface area contributed by atoms with E-state index in [2.05, 4.69) is 0 Å². The molecule has 1 N–H and O–H groups in total. The largest absolute Gasteiger partial charge is 0.490 e. The van der Waals surface area contributed by atoms with Crippen molar-refractivity contribution in [3.05, 3.63) is 70.8 Å². The minimum atomic E-state index is -4.91. The summed E-state index contributed by atoms with van der Waals surface area (Å²) in [4.78, 5) is 11.1. The molecule has 0 aliphatic carbocycles. The number of ether oxygens (including phenoxy) is 2. The molecule has 0 aliphatic heterocycles. The first-order valence-corrected chi connectivity index (χ1v) is 9.42. The van der Waals surface area contributed by atoms with Crippen molar-refractivity contribution < 1.29 is 45.7 Å². The van der Waals surface area contributed by atoms with Crippen LogP contribution in [-0.4, -0.2) is 30.4 Å². The highest BCUT2D eigenvalue weighted by Crippen LogP contribution is 2.36. The number of carbonyl (C=O) groups is 1. The lowest BCUT2D eigenvalue weighted by atomic mass is 10.0. The van der Waals surface area contributed by atoms with Crippen molar-refractivity contribution in [1.82, 2.24) is 0 Å². The summed E-state index contributed by atoms with van der Waals surface area (Å²) in [7, 11) is 0. The lowest BCUT2D eigenvalue weighted by molar-refractivity contribution is -0.150. The van der Waals surface area contributed by atoms with E-state index in [0.29, 0.717) is 23.4 Å². The van der Waals surface area contributed by atoms with Gasteiger partial charge >= 0.3 is 18.3 Å². The number of halogens is 6. The maximum absolute atomic E-state index is 12.9. The van der Waals surface area contributed by atoms with E-state index in [1.54, 1.807) is 31.2 Å². The molecule has 1 atom stereocenters. The van der Waals surface area contributed by atoms with E-state index in [-0.39, 0.29) is 31.3 Å². The van der Waals surface area contributed by atoms with E-state index in [1.165, 1.54) is 6.08 Å². The van der Waals surface area contributed by atoms with Crippen LogP contribution in [0, 0.1) is 0 Å². The summed E-state index contributed by atoms with van der Waals surface area (Å²) >= 11 is 0. The second kappa shape index (κ2) is 10.5. The summed E-state index contributed by atoms with van der Waals surface area (Å²) in [6.07, 6.45) is -8.25. The van der Waals surface area contributed by atoms with Crippen LogP contribution in [0.15, 0.2) is 48.5 Å². The third-order valence-electron chi connectivity index (χ3n) is 4.25. The topological polar surface area (TPSA) is 55.8 Å². The molecule has 0 saturated heterocycles. The van der Waals surface area contributed by atoms with Gasteiger partial charge in [0.2, 0.25) is 0 Å². The van der Waals surface area contributed by atoms with Gasteiger partial charge in [0.05, 0.1) is 11.1 Å². The fraction of sp³-hybridized carbons (Fsp3) is 0.318. The molecule has 0 aliphatic rings. The number of benzene rings is 2. The molecule has 32 heavy (non-hydrogen) atoms. The van der Waals surface area contributed by atoms with Gasteiger partial charge in [0.1, 0.15) is 12.4 Å². The van der Waals surface area contributed by atoms with Gasteiger partial charge in [0.25, 0.3) is 0 Å². The van der Waals surface area contributed by atoms with Crippen molar-refractivity contribution >= 4 is 12.0 Å². The van der Waals surface area contributed by atoms with Gasteiger partial charge in [-0.3, -0.25) is 0 Å². The Morgan fingerprint density at radius 1 is 1.00 bits per heavy atom. The first-order valence-electron chi connectivity index (χ1n) is 9.42. The quantitative estimate of drug-likeness (QED) is 0.475. The van der Waals surface area contributed by atoms with Crippen molar-refractivity contribution in [3.8, 4) is 5.75 Å². The van der Waals surface area contributed by atoms with Crippen molar-refractivity contribution in [3.63, 3.8) is 0 Å². The van der Waals surface area contributed by atoms with Crippen LogP contribution in [0.2, 0.25) is 0 Å². The Labute approximate surface area is 180 Å². The molecular formula is C22H20F6O4. The zero-order valence-electron chi connectivity index (χ0n) is 16.8. The Morgan fingerprint density at radius 2 is 1.56 bits per heavy atom. The molecule has 1 unspecified atom stereocenters. The predicted molar refractivity (Wildman–Crippen MR) is 104 cm³/mol. The minimum absolute atomic E-state index is 0.0653. The van der Waals surface area contributed by atoms with Gasteiger partial charge in [0, 0.05) is 13.0 Å². The molecule has 0 aromatic heterocycles. The summed E-state index contributed by atoms with van der Waals surface area (Å²) < 4.78 is 87.9. The minimum Gasteiger partial charge on any atom is -0.490 e. The summed E-state index contributed by atoms with van der Waals surface area (Å²) in [5.74, 6) is -0.692. The van der Waals surface area contributed by atoms with E-state index >= 15 is 0 Å². The average molecular weight is 462 g/mol. The molecule has 10 heteroatoms. The van der Waals surface area contributed by atoms with E-state index < -0.39 is 35.6 Å². The smallest absolute Gasteiger partial charge is 0.416 e. The van der Waals surface area contributed by atoms with Crippen LogP contribution in [0.5, 0.6) is 5.75 Å². The highest BCUT2D eigenvalue weighted by Gasteiger charge is 2.36. The number of alkyl halides is 6. The monoisotopic (exact) mass is 462 g/mol. The highest BCUT2D eigenvalue weighted by atomic mass is 19.4. The molecule has 0 saturated carbocycles. The number of rotatable bonds is 9. The van der Waals surface area contributed by atoms with Crippen LogP contribution in [0.1, 0.15) is 29.2 Å². The molecule has 0 bridgehead atoms. The van der Waals surface area contributed by atoms with Gasteiger partial charge in [-0.1, -0.05) is 18.2 Å². The van der Waals surface area contributed by atoms with E-state index in [0.717, 1.165) is 6.08 Å². The Kier molecular flexibility index (Phi) is 8.31. The molecular weight excluding hydrogens is 442 g/mol. The third kappa shape index (κ3) is 7.60. The standard InChI is InChI=1S/C22H20F6O4/c1-2-31-19(20(29)30)12-14-5-7-18(8-6-14)32-9-3-4-15-10-16(21(23,24)25)13-17(11-15)22(26,27)28/h3-8,10-11,13,19H,2,9,12H2,1H3,(H,29,30)/b4-3+. The van der Waals surface area contributed by atoms with Crippen molar-refractivity contribution in [2.24, 2.45) is 0 Å². The Balaban J connectivity index is 2.03. The summed E-state index contributed by atoms with van der Waals surface area (Å²) in [6, 6.07) is 7.72. The molecule has 0 spiro atoms. The maximum atomic E-state index is 12.9. The highest BCUT2D eigenvalue weighted by molar-refractivity contribution is 5.72. The SMILES string of the molecule is CCOC(Cc1ccc(OC/C=C/c2cc(C(F)(F)F)cc(C(F)(F)F)c2)cc1)C(=O)O. The molecule has 0 heterocycles. The Hall–Kier alpha value is -3.01. The van der Waals surface area contributed by atoms with Crippen molar-refractivity contribution in [2.75, 3.05) is 13.2 Å². The lowest BCUT2D eigenvalue weighted by Gasteiger charge is -2.13. The van der Waals surface area contributed by atoms with Gasteiger partial charge in [-0.05, 0) is 54.5 Å². The van der Waals surface area contributed by atoms with E-state index in [1.807, 2.05) is 0 Å². The van der Waals surface area contributed by atoms with Crippen LogP contribution in [0.3, 0.4) is 0 Å². The molecule has 2 rings (SSSR count). The van der Waals surface area contributed by atoms with Crippen molar-refractivity contribution in [2.45, 2.75) is 31.8 Å². The number of aliphatic carboxylic acids is 1. The number of carboxylic acids is 1. The van der Waals surface area contributed by atoms with Crippen LogP contribution >= 0.6 is 0 Å². The van der Waals surface area contributed by atoms with Crippen LogP contribution in [0.25, 0.3) is 6.08 Å². The zero-order valence-corrected chi connectivity index (χ0v) is 16.8. The molecule has 0 fully saturated rings. The fourth-order valence-electron chi connectivity index (χ4n) is 2.76. The fourth-order valence-corrected chi connectivity index (χ4v) is 2.76. The van der Waals surface area contributed by atoms with Gasteiger partial charge in [-0.25, -0.2) is 4.79 Å². The second-order valence-electron chi connectivity index (χ2n) is 6.68. The van der Waals surface area contributed by atoms with Crippen molar-refractivity contribution in [1.29, 1.82) is 0 Å². The van der Waals surface area contributed by atoms with E-state index in [9.17, 15) is 31.1 Å². The second-order valence-corrected chi connectivity index (χ2v) is 6.68. The summed E-state index contributed by atoms with van der Waals surface area (Å²) in [5, 5.41) is 9.10. The van der Waals surface area contributed by atoms with Crippen LogP contribution in [0.4, 0.5) is 26.3 Å². The van der Waals surface area contributed by atoms with Crippen LogP contribution < -0.4 is 4.74 Å². The number of hydrogen-bond donors (Lipinski definition) is 1. The first kappa shape index (κ1) is 25.3. The van der Waals surface area contributed by atoms with E-state index in [4.69, 9.17) is 14.6 Å². The molecule has 0 amide bonds. The van der Waals surface area contributed by atoms with Crippen LogP contribution in [-0.2, 0) is 28.3 Å². The Bertz CT molecular complexity index is 901. The zero-order chi connectivity index (χ0) is 23.9. The van der Waals surface area contributed by atoms with Gasteiger partial charge < -0.3 is 14.6 Å². The van der Waals surface area contributed by atoms with Gasteiger partial charge in [0.15, 0.2) is 6.10 Å². The Morgan fingerprint density at radius 3 is 2.03 bits per heavy atom. The first-order chi connectivity index (χ1) is 14.9. The molecule has 174 valence electrons. The number of hydrogen-bond acceptors (Lipinski definition) is 3. The maximum Gasteiger partial charge on any atom is 0.416 e. The molecule has 2 aromatic carbocycles. The molecule has 4 nitrogen and oxygen atoms in total. The molecule has 2 aromatic rings. The summed E-state index contributed by atoms with van der Waals surface area (Å²) in [5.41, 5.74) is -2.36. The average Bonchev–Trinajstić information content (AvgIpc) is 2.70. The van der Waals surface area contributed by atoms with Gasteiger partial charge in [-0.15, -0.1) is 0 Å². The summed E-state index contributed by atoms with van der Waals surface area (Å²) in [6.45, 7) is 1.83. The van der Waals surface area contributed by atoms with Gasteiger partial charge in [-0.2, -0.15) is 26.3 Å². The normalized spacial score (nSPS) is 13.3. The molecule has 0 radical (unpaired) electrons. The lowest BCUT2D eigenvalue weighted by Crippen LogP contribution is -2.26. The third-order valence-corrected chi connectivity index (χ3v) is 4.25.